The maximum absolute atomic E-state index is 11.8. The van der Waals surface area contributed by atoms with E-state index in [2.05, 4.69) is 10.3 Å². The van der Waals surface area contributed by atoms with Gasteiger partial charge in [-0.1, -0.05) is 0 Å². The Labute approximate surface area is 86.3 Å². The molecule has 1 aromatic rings. The van der Waals surface area contributed by atoms with Crippen molar-refractivity contribution in [3.8, 4) is 0 Å². The van der Waals surface area contributed by atoms with E-state index < -0.39 is 0 Å². The van der Waals surface area contributed by atoms with Crippen molar-refractivity contribution < 1.29 is 14.0 Å². The van der Waals surface area contributed by atoms with Crippen molar-refractivity contribution in [3.63, 3.8) is 0 Å². The van der Waals surface area contributed by atoms with E-state index in [0.717, 1.165) is 0 Å². The number of piperazine rings is 1. The minimum Gasteiger partial charge on any atom is -0.438 e. The van der Waals surface area contributed by atoms with Crippen molar-refractivity contribution in [2.45, 2.75) is 6.92 Å². The molecule has 1 N–H and O–H groups in total. The Bertz CT molecular complexity index is 399. The first kappa shape index (κ1) is 9.70. The zero-order chi connectivity index (χ0) is 10.8. The Morgan fingerprint density at radius 2 is 2.47 bits per heavy atom. The molecule has 0 atom stereocenters. The van der Waals surface area contributed by atoms with E-state index in [0.29, 0.717) is 18.8 Å². The molecule has 15 heavy (non-hydrogen) atoms. The molecular formula is C9H11N3O3. The highest BCUT2D eigenvalue weighted by Crippen LogP contribution is 2.09. The van der Waals surface area contributed by atoms with Crippen molar-refractivity contribution in [2.75, 3.05) is 19.6 Å². The van der Waals surface area contributed by atoms with Gasteiger partial charge in [0.2, 0.25) is 11.7 Å². The van der Waals surface area contributed by atoms with Crippen LogP contribution in [0, 0.1) is 6.92 Å². The van der Waals surface area contributed by atoms with Crippen LogP contribution in [0.25, 0.3) is 0 Å². The van der Waals surface area contributed by atoms with Gasteiger partial charge in [-0.2, -0.15) is 0 Å². The lowest BCUT2D eigenvalue weighted by molar-refractivity contribution is -0.123. The highest BCUT2D eigenvalue weighted by molar-refractivity contribution is 5.95. The Balaban J connectivity index is 2.14. The molecule has 1 aliphatic rings. The monoisotopic (exact) mass is 209 g/mol. The van der Waals surface area contributed by atoms with Gasteiger partial charge in [0.15, 0.2) is 6.39 Å². The molecule has 1 fully saturated rings. The van der Waals surface area contributed by atoms with Crippen molar-refractivity contribution in [3.05, 3.63) is 17.8 Å². The van der Waals surface area contributed by atoms with E-state index in [9.17, 15) is 9.59 Å². The van der Waals surface area contributed by atoms with Crippen molar-refractivity contribution in [1.82, 2.24) is 15.2 Å². The normalized spacial score (nSPS) is 16.3. The van der Waals surface area contributed by atoms with Crippen LogP contribution < -0.4 is 5.32 Å². The van der Waals surface area contributed by atoms with Crippen LogP contribution in [-0.4, -0.2) is 41.3 Å². The smallest absolute Gasteiger partial charge is 0.292 e. The minimum absolute atomic E-state index is 0.0823. The van der Waals surface area contributed by atoms with Gasteiger partial charge < -0.3 is 14.6 Å². The summed E-state index contributed by atoms with van der Waals surface area (Å²) in [6.45, 7) is 2.77. The fourth-order valence-electron chi connectivity index (χ4n) is 1.46. The van der Waals surface area contributed by atoms with Crippen molar-refractivity contribution >= 4 is 11.8 Å². The number of oxazole rings is 1. The zero-order valence-corrected chi connectivity index (χ0v) is 8.32. The predicted octanol–water partition coefficient (Wildman–Crippen LogP) is -0.445. The van der Waals surface area contributed by atoms with Gasteiger partial charge in [-0.05, 0) is 6.92 Å². The third-order valence-corrected chi connectivity index (χ3v) is 2.27. The van der Waals surface area contributed by atoms with Crippen LogP contribution in [0.15, 0.2) is 10.8 Å². The summed E-state index contributed by atoms with van der Waals surface area (Å²) in [5, 5.41) is 2.65. The van der Waals surface area contributed by atoms with Gasteiger partial charge in [-0.15, -0.1) is 0 Å². The summed E-state index contributed by atoms with van der Waals surface area (Å²) in [6.07, 6.45) is 1.23. The molecule has 2 heterocycles. The number of nitrogens with one attached hydrogen (secondary N) is 1. The Kier molecular flexibility index (Phi) is 2.40. The maximum Gasteiger partial charge on any atom is 0.292 e. The van der Waals surface area contributed by atoms with Gasteiger partial charge in [0, 0.05) is 13.1 Å². The number of aromatic nitrogens is 1. The number of aryl methyl sites for hydroxylation is 1. The van der Waals surface area contributed by atoms with E-state index in [1.54, 1.807) is 6.92 Å². The predicted molar refractivity (Wildman–Crippen MR) is 50.2 cm³/mol. The summed E-state index contributed by atoms with van der Waals surface area (Å²) in [5.41, 5.74) is 0.547. The fraction of sp³-hybridized carbons (Fsp3) is 0.444. The van der Waals surface area contributed by atoms with Crippen LogP contribution in [0.5, 0.6) is 0 Å². The number of hydrogen-bond donors (Lipinski definition) is 1. The first-order chi connectivity index (χ1) is 7.18. The molecule has 2 rings (SSSR count). The lowest BCUT2D eigenvalue weighted by Crippen LogP contribution is -2.50. The van der Waals surface area contributed by atoms with Crippen LogP contribution in [0.1, 0.15) is 16.2 Å². The van der Waals surface area contributed by atoms with Gasteiger partial charge in [-0.25, -0.2) is 4.98 Å². The molecule has 0 spiro atoms. The molecule has 1 saturated heterocycles. The molecule has 2 amide bonds. The molecule has 0 aromatic carbocycles. The summed E-state index contributed by atoms with van der Waals surface area (Å²) in [7, 11) is 0. The second-order valence-corrected chi connectivity index (χ2v) is 3.34. The molecule has 0 unspecified atom stereocenters. The number of carbonyl (C=O) groups is 2. The molecule has 1 aliphatic heterocycles. The summed E-state index contributed by atoms with van der Waals surface area (Å²) in [6, 6.07) is 0. The minimum atomic E-state index is -0.278. The second kappa shape index (κ2) is 3.72. The Morgan fingerprint density at radius 3 is 3.07 bits per heavy atom. The number of rotatable bonds is 1. The van der Waals surface area contributed by atoms with Crippen LogP contribution in [0.2, 0.25) is 0 Å². The van der Waals surface area contributed by atoms with E-state index in [1.807, 2.05) is 0 Å². The third kappa shape index (κ3) is 1.83. The summed E-state index contributed by atoms with van der Waals surface area (Å²) in [5.74, 6) is -0.212. The van der Waals surface area contributed by atoms with E-state index in [1.165, 1.54) is 11.3 Å². The van der Waals surface area contributed by atoms with Gasteiger partial charge in [0.05, 0.1) is 5.69 Å². The van der Waals surface area contributed by atoms with Crippen LogP contribution in [-0.2, 0) is 4.79 Å². The lowest BCUT2D eigenvalue weighted by Gasteiger charge is -2.25. The molecule has 6 nitrogen and oxygen atoms in total. The van der Waals surface area contributed by atoms with Crippen LogP contribution in [0.3, 0.4) is 0 Å². The van der Waals surface area contributed by atoms with Gasteiger partial charge >= 0.3 is 0 Å². The SMILES string of the molecule is Cc1ncoc1C(=O)N1CCNC(=O)C1. The zero-order valence-electron chi connectivity index (χ0n) is 8.32. The maximum atomic E-state index is 11.8. The third-order valence-electron chi connectivity index (χ3n) is 2.27. The molecule has 0 bridgehead atoms. The standard InChI is InChI=1S/C9H11N3O3/c1-6-8(15-5-11-6)9(14)12-3-2-10-7(13)4-12/h5H,2-4H2,1H3,(H,10,13). The Hall–Kier alpha value is -1.85. The molecule has 0 radical (unpaired) electrons. The molecule has 80 valence electrons. The first-order valence-corrected chi connectivity index (χ1v) is 4.64. The van der Waals surface area contributed by atoms with Gasteiger partial charge in [-0.3, -0.25) is 9.59 Å². The van der Waals surface area contributed by atoms with Crippen LogP contribution >= 0.6 is 0 Å². The summed E-state index contributed by atoms with van der Waals surface area (Å²) in [4.78, 5) is 28.2. The summed E-state index contributed by atoms with van der Waals surface area (Å²) < 4.78 is 4.98. The van der Waals surface area contributed by atoms with Crippen molar-refractivity contribution in [2.24, 2.45) is 0 Å². The van der Waals surface area contributed by atoms with Gasteiger partial charge in [0.1, 0.15) is 6.54 Å². The molecule has 1 aromatic heterocycles. The van der Waals surface area contributed by atoms with Crippen molar-refractivity contribution in [1.29, 1.82) is 0 Å². The average molecular weight is 209 g/mol. The topological polar surface area (TPSA) is 75.4 Å². The van der Waals surface area contributed by atoms with E-state index in [4.69, 9.17) is 4.42 Å². The molecule has 0 aliphatic carbocycles. The number of amides is 2. The highest BCUT2D eigenvalue weighted by atomic mass is 16.3. The first-order valence-electron chi connectivity index (χ1n) is 4.64. The quantitative estimate of drug-likeness (QED) is 0.680. The number of carbonyl (C=O) groups excluding carboxylic acids is 2. The number of hydrogen-bond acceptors (Lipinski definition) is 4. The highest BCUT2D eigenvalue weighted by Gasteiger charge is 2.25. The molecule has 0 saturated carbocycles. The Morgan fingerprint density at radius 1 is 1.67 bits per heavy atom. The summed E-state index contributed by atoms with van der Waals surface area (Å²) >= 11 is 0. The number of nitrogens with zero attached hydrogens (tertiary/aromatic N) is 2. The second-order valence-electron chi connectivity index (χ2n) is 3.34. The van der Waals surface area contributed by atoms with E-state index in [-0.39, 0.29) is 24.1 Å². The molecule has 6 heteroatoms. The molecular weight excluding hydrogens is 198 g/mol. The fourth-order valence-corrected chi connectivity index (χ4v) is 1.46. The van der Waals surface area contributed by atoms with Crippen LogP contribution in [0.4, 0.5) is 0 Å². The average Bonchev–Trinajstić information content (AvgIpc) is 2.63. The van der Waals surface area contributed by atoms with E-state index >= 15 is 0 Å². The van der Waals surface area contributed by atoms with Gasteiger partial charge in [0.25, 0.3) is 5.91 Å². The largest absolute Gasteiger partial charge is 0.438 e. The lowest BCUT2D eigenvalue weighted by atomic mass is 10.3.